The first-order chi connectivity index (χ1) is 12.1. The molecule has 0 spiro atoms. The van der Waals surface area contributed by atoms with Crippen LogP contribution in [0.1, 0.15) is 22.7 Å². The number of amides is 1. The number of carbonyl (C=O) groups is 1. The van der Waals surface area contributed by atoms with Gasteiger partial charge >= 0.3 is 0 Å². The van der Waals surface area contributed by atoms with Crippen LogP contribution in [-0.2, 0) is 4.74 Å². The van der Waals surface area contributed by atoms with Crippen LogP contribution in [0.15, 0.2) is 16.5 Å². The van der Waals surface area contributed by atoms with Crippen molar-refractivity contribution in [2.75, 3.05) is 59.5 Å². The van der Waals surface area contributed by atoms with Gasteiger partial charge in [-0.2, -0.15) is 0 Å². The summed E-state index contributed by atoms with van der Waals surface area (Å²) in [7, 11) is 2.18. The average Bonchev–Trinajstić information content (AvgIpc) is 3.22. The maximum absolute atomic E-state index is 12.7. The fourth-order valence-corrected chi connectivity index (χ4v) is 4.39. The van der Waals surface area contributed by atoms with Crippen molar-refractivity contribution in [1.29, 1.82) is 0 Å². The molecule has 0 N–H and O–H groups in total. The highest BCUT2D eigenvalue weighted by Crippen LogP contribution is 2.35. The molecule has 4 rings (SSSR count). The summed E-state index contributed by atoms with van der Waals surface area (Å²) in [6.45, 7) is 9.81. The van der Waals surface area contributed by atoms with Crippen molar-refractivity contribution in [2.45, 2.75) is 19.4 Å². The Morgan fingerprint density at radius 1 is 1.20 bits per heavy atom. The van der Waals surface area contributed by atoms with Crippen molar-refractivity contribution in [3.8, 4) is 0 Å². The van der Waals surface area contributed by atoms with Gasteiger partial charge in [0.15, 0.2) is 5.76 Å². The van der Waals surface area contributed by atoms with E-state index in [2.05, 4.69) is 16.8 Å². The molecule has 6 heteroatoms. The number of likely N-dealkylation sites (N-methyl/N-ethyl adjacent to an activating group) is 1. The molecule has 1 amide bonds. The Kier molecular flexibility index (Phi) is 4.84. The third-order valence-electron chi connectivity index (χ3n) is 6.08. The Morgan fingerprint density at radius 3 is 2.72 bits per heavy atom. The molecule has 0 aromatic carbocycles. The standard InChI is InChI=1S/C19H29N3O3/c1-14-3-4-17(25-14)19(23)22-6-5-15-13-24-18(16(15)11-22)12-21-9-7-20(2)8-10-21/h3-4,15-16,18H,5-13H2,1-2H3/t15-,16-,18+/m1/s1. The highest BCUT2D eigenvalue weighted by molar-refractivity contribution is 5.91. The highest BCUT2D eigenvalue weighted by atomic mass is 16.5. The average molecular weight is 347 g/mol. The van der Waals surface area contributed by atoms with Gasteiger partial charge in [-0.3, -0.25) is 9.69 Å². The number of fused-ring (bicyclic) bond motifs is 1. The molecule has 138 valence electrons. The van der Waals surface area contributed by atoms with Crippen LogP contribution in [0, 0.1) is 18.8 Å². The zero-order valence-electron chi connectivity index (χ0n) is 15.3. The van der Waals surface area contributed by atoms with Gasteiger partial charge in [0.05, 0.1) is 12.7 Å². The van der Waals surface area contributed by atoms with E-state index in [-0.39, 0.29) is 12.0 Å². The van der Waals surface area contributed by atoms with Crippen molar-refractivity contribution >= 4 is 5.91 Å². The minimum Gasteiger partial charge on any atom is -0.456 e. The number of carbonyl (C=O) groups excluding carboxylic acids is 1. The van der Waals surface area contributed by atoms with Crippen molar-refractivity contribution < 1.29 is 13.9 Å². The molecular weight excluding hydrogens is 318 g/mol. The molecule has 1 aromatic heterocycles. The third-order valence-corrected chi connectivity index (χ3v) is 6.08. The summed E-state index contributed by atoms with van der Waals surface area (Å²) in [6.07, 6.45) is 1.29. The van der Waals surface area contributed by atoms with E-state index in [0.29, 0.717) is 17.6 Å². The number of likely N-dealkylation sites (tertiary alicyclic amines) is 1. The summed E-state index contributed by atoms with van der Waals surface area (Å²) < 4.78 is 11.7. The molecule has 3 aliphatic rings. The number of ether oxygens (including phenoxy) is 1. The maximum Gasteiger partial charge on any atom is 0.289 e. The van der Waals surface area contributed by atoms with E-state index < -0.39 is 0 Å². The molecule has 1 aromatic rings. The van der Waals surface area contributed by atoms with E-state index in [9.17, 15) is 4.79 Å². The monoisotopic (exact) mass is 347 g/mol. The first-order valence-corrected chi connectivity index (χ1v) is 9.48. The Morgan fingerprint density at radius 2 is 2.00 bits per heavy atom. The second-order valence-electron chi connectivity index (χ2n) is 7.85. The van der Waals surface area contributed by atoms with Crippen LogP contribution in [0.3, 0.4) is 0 Å². The van der Waals surface area contributed by atoms with Crippen LogP contribution < -0.4 is 0 Å². The molecule has 3 atom stereocenters. The lowest BCUT2D eigenvalue weighted by molar-refractivity contribution is 0.0284. The number of hydrogen-bond donors (Lipinski definition) is 0. The highest BCUT2D eigenvalue weighted by Gasteiger charge is 2.43. The molecular formula is C19H29N3O3. The van der Waals surface area contributed by atoms with E-state index in [4.69, 9.17) is 9.15 Å². The number of piperidine rings is 1. The fraction of sp³-hybridized carbons (Fsp3) is 0.737. The third kappa shape index (κ3) is 3.61. The Bertz CT molecular complexity index is 609. The van der Waals surface area contributed by atoms with E-state index >= 15 is 0 Å². The summed E-state index contributed by atoms with van der Waals surface area (Å²) >= 11 is 0. The number of aryl methyl sites for hydroxylation is 1. The summed E-state index contributed by atoms with van der Waals surface area (Å²) in [5, 5.41) is 0. The molecule has 0 bridgehead atoms. The lowest BCUT2D eigenvalue weighted by Gasteiger charge is -2.38. The summed E-state index contributed by atoms with van der Waals surface area (Å²) in [5.74, 6) is 2.32. The zero-order chi connectivity index (χ0) is 17.4. The SMILES string of the molecule is Cc1ccc(C(=O)N2CC[C@@H]3CO[C@@H](CN4CCN(C)CC4)[C@@H]3C2)o1. The Hall–Kier alpha value is -1.37. The van der Waals surface area contributed by atoms with Gasteiger partial charge in [-0.25, -0.2) is 0 Å². The topological polar surface area (TPSA) is 49.2 Å². The zero-order valence-corrected chi connectivity index (χ0v) is 15.3. The van der Waals surface area contributed by atoms with E-state index in [0.717, 1.165) is 64.6 Å². The molecule has 6 nitrogen and oxygen atoms in total. The van der Waals surface area contributed by atoms with Gasteiger partial charge < -0.3 is 19.0 Å². The predicted octanol–water partition coefficient (Wildman–Crippen LogP) is 1.31. The Labute approximate surface area is 149 Å². The smallest absolute Gasteiger partial charge is 0.289 e. The van der Waals surface area contributed by atoms with Crippen LogP contribution in [0.2, 0.25) is 0 Å². The van der Waals surface area contributed by atoms with Gasteiger partial charge in [-0.05, 0) is 38.4 Å². The number of piperazine rings is 1. The molecule has 0 aliphatic carbocycles. The molecule has 0 unspecified atom stereocenters. The van der Waals surface area contributed by atoms with E-state index in [1.165, 1.54) is 0 Å². The lowest BCUT2D eigenvalue weighted by atomic mass is 9.84. The van der Waals surface area contributed by atoms with E-state index in [1.54, 1.807) is 6.07 Å². The van der Waals surface area contributed by atoms with Crippen LogP contribution in [0.25, 0.3) is 0 Å². The van der Waals surface area contributed by atoms with E-state index in [1.807, 2.05) is 17.9 Å². The van der Waals surface area contributed by atoms with Crippen LogP contribution in [0.4, 0.5) is 0 Å². The normalized spacial score (nSPS) is 31.3. The molecule has 3 aliphatic heterocycles. The first-order valence-electron chi connectivity index (χ1n) is 9.48. The van der Waals surface area contributed by atoms with Gasteiger partial charge in [0.2, 0.25) is 0 Å². The summed E-state index contributed by atoms with van der Waals surface area (Å²) in [5.41, 5.74) is 0. The molecule has 0 radical (unpaired) electrons. The van der Waals surface area contributed by atoms with Gasteiger partial charge in [-0.15, -0.1) is 0 Å². The number of furan rings is 1. The lowest BCUT2D eigenvalue weighted by Crippen LogP contribution is -2.50. The molecule has 3 saturated heterocycles. The van der Waals surface area contributed by atoms with Crippen LogP contribution >= 0.6 is 0 Å². The largest absolute Gasteiger partial charge is 0.456 e. The van der Waals surface area contributed by atoms with Gasteiger partial charge in [-0.1, -0.05) is 0 Å². The van der Waals surface area contributed by atoms with Crippen molar-refractivity contribution in [3.05, 3.63) is 23.7 Å². The second kappa shape index (κ2) is 7.09. The molecule has 4 heterocycles. The summed E-state index contributed by atoms with van der Waals surface area (Å²) in [4.78, 5) is 19.6. The van der Waals surface area contributed by atoms with Crippen LogP contribution in [0.5, 0.6) is 0 Å². The predicted molar refractivity (Wildman–Crippen MR) is 94.6 cm³/mol. The minimum absolute atomic E-state index is 0.0248. The maximum atomic E-state index is 12.7. The molecule has 0 saturated carbocycles. The molecule has 25 heavy (non-hydrogen) atoms. The number of hydrogen-bond acceptors (Lipinski definition) is 5. The van der Waals surface area contributed by atoms with Gasteiger partial charge in [0.25, 0.3) is 5.91 Å². The minimum atomic E-state index is 0.0248. The second-order valence-corrected chi connectivity index (χ2v) is 7.85. The first kappa shape index (κ1) is 17.1. The quantitative estimate of drug-likeness (QED) is 0.825. The van der Waals surface area contributed by atoms with Gasteiger partial charge in [0.1, 0.15) is 5.76 Å². The number of rotatable bonds is 3. The van der Waals surface area contributed by atoms with Crippen molar-refractivity contribution in [3.63, 3.8) is 0 Å². The number of nitrogens with zero attached hydrogens (tertiary/aromatic N) is 3. The van der Waals surface area contributed by atoms with Crippen molar-refractivity contribution in [2.24, 2.45) is 11.8 Å². The van der Waals surface area contributed by atoms with Crippen molar-refractivity contribution in [1.82, 2.24) is 14.7 Å². The summed E-state index contributed by atoms with van der Waals surface area (Å²) in [6, 6.07) is 3.64. The van der Waals surface area contributed by atoms with Gasteiger partial charge in [0, 0.05) is 51.7 Å². The Balaban J connectivity index is 1.38. The van der Waals surface area contributed by atoms with Crippen LogP contribution in [-0.4, -0.2) is 86.2 Å². The molecule has 3 fully saturated rings. The fourth-order valence-electron chi connectivity index (χ4n) is 4.39.